The van der Waals surface area contributed by atoms with Crippen molar-refractivity contribution < 1.29 is 38.0 Å². The van der Waals surface area contributed by atoms with Crippen molar-refractivity contribution in [2.75, 3.05) is 39.6 Å². The third-order valence-electron chi connectivity index (χ3n) is 13.9. The van der Waals surface area contributed by atoms with E-state index in [2.05, 4.69) is 12.1 Å². The summed E-state index contributed by atoms with van der Waals surface area (Å²) in [4.78, 5) is 25.4. The highest BCUT2D eigenvalue weighted by atomic mass is 16.5. The van der Waals surface area contributed by atoms with Gasteiger partial charge < -0.3 is 28.4 Å². The zero-order chi connectivity index (χ0) is 56.1. The lowest BCUT2D eigenvalue weighted by Crippen LogP contribution is -2.06. The second kappa shape index (κ2) is 32.1. The first kappa shape index (κ1) is 58.0. The molecule has 0 saturated heterocycles. The maximum absolute atomic E-state index is 12.7. The average molecular weight is 1080 g/mol. The normalized spacial score (nSPS) is 10.7. The van der Waals surface area contributed by atoms with E-state index in [0.717, 1.165) is 151 Å². The fourth-order valence-corrected chi connectivity index (χ4v) is 9.15. The van der Waals surface area contributed by atoms with E-state index in [4.69, 9.17) is 38.9 Å². The highest BCUT2D eigenvalue weighted by Crippen LogP contribution is 2.28. The largest absolute Gasteiger partial charge is 0.494 e. The van der Waals surface area contributed by atoms with Crippen molar-refractivity contribution in [1.29, 1.82) is 10.5 Å². The van der Waals surface area contributed by atoms with Gasteiger partial charge in [0.1, 0.15) is 23.0 Å². The number of nitriles is 2. The number of ether oxygens (including phenoxy) is 6. The van der Waals surface area contributed by atoms with Gasteiger partial charge in [0.15, 0.2) is 0 Å². The number of rotatable bonds is 32. The van der Waals surface area contributed by atoms with Gasteiger partial charge in [0.2, 0.25) is 0 Å². The van der Waals surface area contributed by atoms with Crippen molar-refractivity contribution in [3.8, 4) is 79.6 Å². The Morgan fingerprint density at radius 2 is 0.457 bits per heavy atom. The van der Waals surface area contributed by atoms with Crippen LogP contribution in [0, 0.1) is 22.7 Å². The van der Waals surface area contributed by atoms with E-state index in [1.807, 2.05) is 194 Å². The van der Waals surface area contributed by atoms with Crippen LogP contribution in [0.5, 0.6) is 23.0 Å². The van der Waals surface area contributed by atoms with Crippen molar-refractivity contribution in [2.24, 2.45) is 0 Å². The van der Waals surface area contributed by atoms with Crippen molar-refractivity contribution in [3.63, 3.8) is 0 Å². The fraction of sp³-hybridized carbons (Fsp3) is 0.268. The van der Waals surface area contributed by atoms with Gasteiger partial charge in [-0.3, -0.25) is 0 Å². The van der Waals surface area contributed by atoms with Crippen LogP contribution in [0.4, 0.5) is 0 Å². The molecule has 8 aromatic carbocycles. The lowest BCUT2D eigenvalue weighted by atomic mass is 10.0. The molecule has 0 radical (unpaired) electrons. The summed E-state index contributed by atoms with van der Waals surface area (Å²) < 4.78 is 35.0. The number of nitrogens with zero attached hydrogens (tertiary/aromatic N) is 2. The first-order chi connectivity index (χ1) is 39.9. The number of benzene rings is 8. The molecule has 0 fully saturated rings. The van der Waals surface area contributed by atoms with Gasteiger partial charge in [0, 0.05) is 0 Å². The van der Waals surface area contributed by atoms with Gasteiger partial charge in [-0.15, -0.1) is 0 Å². The van der Waals surface area contributed by atoms with E-state index >= 15 is 0 Å². The molecule has 0 heterocycles. The predicted molar refractivity (Wildman–Crippen MR) is 320 cm³/mol. The Labute approximate surface area is 477 Å². The van der Waals surface area contributed by atoms with Gasteiger partial charge in [-0.25, -0.2) is 9.59 Å². The molecule has 0 aliphatic carbocycles. The Balaban J connectivity index is 0.600. The van der Waals surface area contributed by atoms with Crippen LogP contribution in [0.1, 0.15) is 115 Å². The molecule has 0 unspecified atom stereocenters. The Morgan fingerprint density at radius 3 is 0.691 bits per heavy atom. The quantitative estimate of drug-likeness (QED) is 0.0296. The average Bonchev–Trinajstić information content (AvgIpc) is 3.53. The van der Waals surface area contributed by atoms with Gasteiger partial charge in [-0.1, -0.05) is 116 Å². The molecule has 0 saturated carbocycles. The summed E-state index contributed by atoms with van der Waals surface area (Å²) in [5.41, 5.74) is 10.8. The maximum Gasteiger partial charge on any atom is 0.338 e. The zero-order valence-corrected chi connectivity index (χ0v) is 46.1. The number of carbonyl (C=O) groups is 2. The third kappa shape index (κ3) is 19.0. The van der Waals surface area contributed by atoms with Crippen LogP contribution in [-0.2, 0) is 9.47 Å². The summed E-state index contributed by atoms with van der Waals surface area (Å²) >= 11 is 0. The van der Waals surface area contributed by atoms with E-state index in [9.17, 15) is 9.59 Å². The lowest BCUT2D eigenvalue weighted by Gasteiger charge is -2.09. The monoisotopic (exact) mass is 1080 g/mol. The number of carbonyl (C=O) groups excluding carboxylic acids is 2. The second-order valence-corrected chi connectivity index (χ2v) is 19.9. The standard InChI is InChI=1S/C71H70N2O8/c72-52-54-14-18-56(19-15-54)60-30-38-66(39-31-60)78-48-10-4-6-12-50-80-70(74)64-26-22-58(23-27-64)62-34-42-68(43-35-62)76-46-8-2-1-3-9-47-77-69-44-36-63(37-45-69)59-24-28-65(29-25-59)71(75)81-51-13-7-5-11-49-79-67-40-32-61(33-41-67)57-20-16-55(53-73)17-21-57/h14-45H,1-13,46-51H2. The molecular formula is C71H70N2O8. The Bertz CT molecular complexity index is 3010. The van der Waals surface area contributed by atoms with Crippen LogP contribution in [0.25, 0.3) is 44.5 Å². The number of esters is 2. The van der Waals surface area contributed by atoms with E-state index < -0.39 is 0 Å². The first-order valence-electron chi connectivity index (χ1n) is 28.4. The summed E-state index contributed by atoms with van der Waals surface area (Å²) in [7, 11) is 0. The van der Waals surface area contributed by atoms with Crippen LogP contribution in [0.2, 0.25) is 0 Å². The van der Waals surface area contributed by atoms with E-state index in [1.165, 1.54) is 0 Å². The van der Waals surface area contributed by atoms with Gasteiger partial charge in [0.25, 0.3) is 0 Å². The van der Waals surface area contributed by atoms with E-state index in [-0.39, 0.29) is 11.9 Å². The summed E-state index contributed by atoms with van der Waals surface area (Å²) in [6, 6.07) is 66.6. The summed E-state index contributed by atoms with van der Waals surface area (Å²) in [5.74, 6) is 2.73. The molecule has 0 N–H and O–H groups in total. The molecule has 0 bridgehead atoms. The summed E-state index contributed by atoms with van der Waals surface area (Å²) in [6.45, 7) is 3.37. The molecule has 0 spiro atoms. The van der Waals surface area contributed by atoms with Crippen LogP contribution >= 0.6 is 0 Å². The minimum Gasteiger partial charge on any atom is -0.494 e. The van der Waals surface area contributed by atoms with Crippen molar-refractivity contribution in [1.82, 2.24) is 0 Å². The number of unbranched alkanes of at least 4 members (excludes halogenated alkanes) is 10. The topological polar surface area (TPSA) is 137 Å². The number of hydrogen-bond donors (Lipinski definition) is 0. The molecule has 8 aromatic rings. The molecule has 0 amide bonds. The van der Waals surface area contributed by atoms with Gasteiger partial charge >= 0.3 is 11.9 Å². The van der Waals surface area contributed by atoms with Crippen LogP contribution in [0.3, 0.4) is 0 Å². The molecule has 0 aliphatic heterocycles. The fourth-order valence-electron chi connectivity index (χ4n) is 9.15. The van der Waals surface area contributed by atoms with E-state index in [0.29, 0.717) is 61.9 Å². The minimum atomic E-state index is -0.308. The Kier molecular flexibility index (Phi) is 23.0. The van der Waals surface area contributed by atoms with E-state index in [1.54, 1.807) is 0 Å². The number of hydrogen-bond acceptors (Lipinski definition) is 10. The Morgan fingerprint density at radius 1 is 0.259 bits per heavy atom. The lowest BCUT2D eigenvalue weighted by molar-refractivity contribution is 0.0488. The Hall–Kier alpha value is -9.12. The molecule has 8 rings (SSSR count). The predicted octanol–water partition coefficient (Wildman–Crippen LogP) is 17.1. The highest BCUT2D eigenvalue weighted by Gasteiger charge is 2.11. The van der Waals surface area contributed by atoms with Crippen molar-refractivity contribution in [3.05, 3.63) is 216 Å². The van der Waals surface area contributed by atoms with Gasteiger partial charge in [-0.05, 0) is 206 Å². The third-order valence-corrected chi connectivity index (χ3v) is 13.9. The molecule has 0 aliphatic rings. The summed E-state index contributed by atoms with van der Waals surface area (Å²) in [5, 5.41) is 18.0. The van der Waals surface area contributed by atoms with Crippen LogP contribution < -0.4 is 18.9 Å². The molecular weight excluding hydrogens is 1010 g/mol. The smallest absolute Gasteiger partial charge is 0.338 e. The van der Waals surface area contributed by atoms with Crippen molar-refractivity contribution >= 4 is 11.9 Å². The molecule has 10 nitrogen and oxygen atoms in total. The van der Waals surface area contributed by atoms with Gasteiger partial charge in [-0.2, -0.15) is 10.5 Å². The molecule has 0 atom stereocenters. The first-order valence-corrected chi connectivity index (χ1v) is 28.4. The maximum atomic E-state index is 12.7. The second-order valence-electron chi connectivity index (χ2n) is 19.9. The molecule has 412 valence electrons. The van der Waals surface area contributed by atoms with Crippen LogP contribution in [-0.4, -0.2) is 51.6 Å². The molecule has 10 heteroatoms. The minimum absolute atomic E-state index is 0.308. The zero-order valence-electron chi connectivity index (χ0n) is 46.1. The SMILES string of the molecule is N#Cc1ccc(-c2ccc(OCCCCCCOC(=O)c3ccc(-c4ccc(OCCCCCCCOc5ccc(-c6ccc(C(=O)OCCCCCCOc7ccc(-c8ccc(C#N)cc8)cc7)cc6)cc5)cc4)cc3)cc2)cc1. The van der Waals surface area contributed by atoms with Gasteiger partial charge in [0.05, 0.1) is 74.0 Å². The molecule has 0 aromatic heterocycles. The van der Waals surface area contributed by atoms with Crippen LogP contribution in [0.15, 0.2) is 194 Å². The highest BCUT2D eigenvalue weighted by molar-refractivity contribution is 5.90. The molecule has 81 heavy (non-hydrogen) atoms. The van der Waals surface area contributed by atoms with Crippen molar-refractivity contribution in [2.45, 2.75) is 83.5 Å². The summed E-state index contributed by atoms with van der Waals surface area (Å²) in [6.07, 6.45) is 12.6.